The molecule has 7 rings (SSSR count). The Morgan fingerprint density at radius 1 is 0.625 bits per heavy atom. The quantitative estimate of drug-likeness (QED) is 0.291. The summed E-state index contributed by atoms with van der Waals surface area (Å²) in [4.78, 5) is 9.11. The lowest BCUT2D eigenvalue weighted by atomic mass is 9.82. The summed E-state index contributed by atoms with van der Waals surface area (Å²) < 4.78 is 2.39. The van der Waals surface area contributed by atoms with Gasteiger partial charge in [-0.3, -0.25) is 9.97 Å². The van der Waals surface area contributed by atoms with Crippen LogP contribution >= 0.6 is 0 Å². The number of benzene rings is 4. The van der Waals surface area contributed by atoms with Crippen LogP contribution in [0, 0.1) is 0 Å². The summed E-state index contributed by atoms with van der Waals surface area (Å²) in [6, 6.07) is 28.7. The Labute approximate surface area is 186 Å². The maximum absolute atomic E-state index is 4.57. The minimum Gasteiger partial charge on any atom is -0.309 e. The lowest BCUT2D eigenvalue weighted by Gasteiger charge is -2.21. The van der Waals surface area contributed by atoms with Crippen LogP contribution in [0.1, 0.15) is 25.0 Å². The van der Waals surface area contributed by atoms with Gasteiger partial charge in [0.05, 0.1) is 22.1 Å². The number of nitrogens with zero attached hydrogens (tertiary/aromatic N) is 3. The maximum atomic E-state index is 4.57. The molecule has 0 radical (unpaired) electrons. The van der Waals surface area contributed by atoms with Crippen LogP contribution in [-0.4, -0.2) is 14.5 Å². The molecule has 6 aromatic rings. The Hall–Kier alpha value is -3.98. The third-order valence-corrected chi connectivity index (χ3v) is 7.09. The maximum Gasteiger partial charge on any atom is 0.0893 e. The van der Waals surface area contributed by atoms with Gasteiger partial charge in [-0.2, -0.15) is 0 Å². The first-order valence-electron chi connectivity index (χ1n) is 11.0. The molecule has 2 aromatic heterocycles. The molecule has 152 valence electrons. The molecule has 0 fully saturated rings. The van der Waals surface area contributed by atoms with Crippen LogP contribution in [0.25, 0.3) is 49.7 Å². The third kappa shape index (κ3) is 2.20. The molecule has 4 aromatic carbocycles. The van der Waals surface area contributed by atoms with Crippen LogP contribution in [0.4, 0.5) is 0 Å². The normalized spacial score (nSPS) is 14.2. The molecular weight excluding hydrogens is 390 g/mol. The standard InChI is InChI=1S/C29H21N3/c1-29(2)23-12-11-18(15-21(23)22-16-25-26(17-24(22)29)31-14-13-30-25)32-27-9-5-3-7-19(27)20-8-4-6-10-28(20)32/h3-17H,1-2H3. The third-order valence-electron chi connectivity index (χ3n) is 7.09. The zero-order valence-corrected chi connectivity index (χ0v) is 18.0. The molecule has 1 aliphatic carbocycles. The molecule has 1 aliphatic rings. The second-order valence-electron chi connectivity index (χ2n) is 9.17. The number of para-hydroxylation sites is 2. The van der Waals surface area contributed by atoms with E-state index in [1.807, 2.05) is 0 Å². The van der Waals surface area contributed by atoms with Crippen molar-refractivity contribution < 1.29 is 0 Å². The topological polar surface area (TPSA) is 30.7 Å². The summed E-state index contributed by atoms with van der Waals surface area (Å²) in [5, 5.41) is 2.57. The number of hydrogen-bond donors (Lipinski definition) is 0. The highest BCUT2D eigenvalue weighted by Crippen LogP contribution is 2.50. The molecule has 3 nitrogen and oxygen atoms in total. The summed E-state index contributed by atoms with van der Waals surface area (Å²) in [5.41, 5.74) is 10.7. The number of rotatable bonds is 1. The van der Waals surface area contributed by atoms with E-state index in [1.54, 1.807) is 12.4 Å². The molecular formula is C29H21N3. The van der Waals surface area contributed by atoms with Gasteiger partial charge in [-0.25, -0.2) is 0 Å². The second-order valence-corrected chi connectivity index (χ2v) is 9.17. The summed E-state index contributed by atoms with van der Waals surface area (Å²) in [5.74, 6) is 0. The van der Waals surface area contributed by atoms with Gasteiger partial charge in [0.15, 0.2) is 0 Å². The second kappa shape index (κ2) is 6.04. The van der Waals surface area contributed by atoms with E-state index in [0.717, 1.165) is 11.0 Å². The average Bonchev–Trinajstić information content (AvgIpc) is 3.27. The smallest absolute Gasteiger partial charge is 0.0893 e. The SMILES string of the molecule is CC1(C)c2ccc(-n3c4ccccc4c4ccccc43)cc2-c2cc3nccnc3cc21. The summed E-state index contributed by atoms with van der Waals surface area (Å²) in [7, 11) is 0. The van der Waals surface area contributed by atoms with Crippen molar-refractivity contribution in [3.05, 3.63) is 102 Å². The van der Waals surface area contributed by atoms with E-state index in [0.29, 0.717) is 0 Å². The van der Waals surface area contributed by atoms with Crippen molar-refractivity contribution >= 4 is 32.8 Å². The molecule has 0 bridgehead atoms. The van der Waals surface area contributed by atoms with Gasteiger partial charge in [0, 0.05) is 34.3 Å². The Morgan fingerprint density at radius 3 is 1.91 bits per heavy atom. The van der Waals surface area contributed by atoms with Crippen molar-refractivity contribution in [2.75, 3.05) is 0 Å². The van der Waals surface area contributed by atoms with Crippen molar-refractivity contribution in [1.29, 1.82) is 0 Å². The largest absolute Gasteiger partial charge is 0.309 e. The van der Waals surface area contributed by atoms with Gasteiger partial charge in [-0.1, -0.05) is 56.3 Å². The predicted molar refractivity (Wildman–Crippen MR) is 131 cm³/mol. The van der Waals surface area contributed by atoms with Crippen LogP contribution in [0.2, 0.25) is 0 Å². The fourth-order valence-corrected chi connectivity index (χ4v) is 5.54. The van der Waals surface area contributed by atoms with Crippen molar-refractivity contribution in [2.24, 2.45) is 0 Å². The first kappa shape index (κ1) is 17.7. The molecule has 3 heteroatoms. The fourth-order valence-electron chi connectivity index (χ4n) is 5.54. The van der Waals surface area contributed by atoms with E-state index < -0.39 is 0 Å². The highest BCUT2D eigenvalue weighted by atomic mass is 15.0. The van der Waals surface area contributed by atoms with Gasteiger partial charge < -0.3 is 4.57 Å². The minimum atomic E-state index is -0.0737. The fraction of sp³-hybridized carbons (Fsp3) is 0.103. The average molecular weight is 412 g/mol. The Bertz CT molecular complexity index is 1650. The number of hydrogen-bond acceptors (Lipinski definition) is 2. The highest BCUT2D eigenvalue weighted by molar-refractivity contribution is 6.09. The summed E-state index contributed by atoms with van der Waals surface area (Å²) >= 11 is 0. The van der Waals surface area contributed by atoms with Crippen LogP contribution < -0.4 is 0 Å². The number of fused-ring (bicyclic) bond motifs is 7. The lowest BCUT2D eigenvalue weighted by Crippen LogP contribution is -2.15. The van der Waals surface area contributed by atoms with Gasteiger partial charge in [-0.05, 0) is 58.7 Å². The molecule has 2 heterocycles. The molecule has 0 N–H and O–H groups in total. The first-order valence-corrected chi connectivity index (χ1v) is 11.0. The lowest BCUT2D eigenvalue weighted by molar-refractivity contribution is 0.661. The Morgan fingerprint density at radius 2 is 1.22 bits per heavy atom. The minimum absolute atomic E-state index is 0.0737. The molecule has 0 unspecified atom stereocenters. The highest BCUT2D eigenvalue weighted by Gasteiger charge is 2.36. The van der Waals surface area contributed by atoms with Crippen LogP contribution in [0.3, 0.4) is 0 Å². The summed E-state index contributed by atoms with van der Waals surface area (Å²) in [6.07, 6.45) is 3.54. The molecule has 0 spiro atoms. The van der Waals surface area contributed by atoms with Gasteiger partial charge in [0.1, 0.15) is 0 Å². The first-order chi connectivity index (χ1) is 15.6. The van der Waals surface area contributed by atoms with E-state index in [4.69, 9.17) is 0 Å². The van der Waals surface area contributed by atoms with Crippen molar-refractivity contribution in [3.8, 4) is 16.8 Å². The van der Waals surface area contributed by atoms with Crippen LogP contribution in [0.5, 0.6) is 0 Å². The number of aromatic nitrogens is 3. The zero-order valence-electron chi connectivity index (χ0n) is 18.0. The van der Waals surface area contributed by atoms with Gasteiger partial charge in [0.25, 0.3) is 0 Å². The monoisotopic (exact) mass is 411 g/mol. The molecule has 0 aliphatic heterocycles. The van der Waals surface area contributed by atoms with E-state index in [2.05, 4.69) is 107 Å². The van der Waals surface area contributed by atoms with E-state index in [9.17, 15) is 0 Å². The van der Waals surface area contributed by atoms with Gasteiger partial charge in [-0.15, -0.1) is 0 Å². The van der Waals surface area contributed by atoms with E-state index in [1.165, 1.54) is 49.7 Å². The van der Waals surface area contributed by atoms with Gasteiger partial charge in [0.2, 0.25) is 0 Å². The van der Waals surface area contributed by atoms with Crippen molar-refractivity contribution in [1.82, 2.24) is 14.5 Å². The van der Waals surface area contributed by atoms with Gasteiger partial charge >= 0.3 is 0 Å². The molecule has 32 heavy (non-hydrogen) atoms. The molecule has 0 amide bonds. The van der Waals surface area contributed by atoms with Crippen molar-refractivity contribution in [3.63, 3.8) is 0 Å². The van der Waals surface area contributed by atoms with Crippen LogP contribution in [-0.2, 0) is 5.41 Å². The molecule has 0 saturated heterocycles. The molecule has 0 atom stereocenters. The van der Waals surface area contributed by atoms with Crippen molar-refractivity contribution in [2.45, 2.75) is 19.3 Å². The Balaban J connectivity index is 1.55. The predicted octanol–water partition coefficient (Wildman–Crippen LogP) is 7.03. The summed E-state index contributed by atoms with van der Waals surface area (Å²) in [6.45, 7) is 4.61. The van der Waals surface area contributed by atoms with Crippen LogP contribution in [0.15, 0.2) is 91.3 Å². The zero-order chi connectivity index (χ0) is 21.4. The molecule has 0 saturated carbocycles. The Kier molecular flexibility index (Phi) is 3.34. The van der Waals surface area contributed by atoms with E-state index in [-0.39, 0.29) is 5.41 Å². The van der Waals surface area contributed by atoms with E-state index >= 15 is 0 Å².